The van der Waals surface area contributed by atoms with E-state index < -0.39 is 11.9 Å². The maximum absolute atomic E-state index is 11.7. The van der Waals surface area contributed by atoms with Gasteiger partial charge in [0.25, 0.3) is 0 Å². The first-order chi connectivity index (χ1) is 8.65. The third-order valence-corrected chi connectivity index (χ3v) is 2.95. The zero-order valence-corrected chi connectivity index (χ0v) is 9.98. The van der Waals surface area contributed by atoms with Crippen molar-refractivity contribution >= 4 is 12.1 Å². The van der Waals surface area contributed by atoms with Gasteiger partial charge in [-0.25, -0.2) is 4.79 Å². The van der Waals surface area contributed by atoms with Gasteiger partial charge in [-0.05, 0) is 6.07 Å². The van der Waals surface area contributed by atoms with Crippen LogP contribution in [0.25, 0.3) is 0 Å². The third kappa shape index (κ3) is 2.41. The van der Waals surface area contributed by atoms with Gasteiger partial charge >= 0.3 is 5.69 Å². The Hall–Kier alpha value is -1.73. The average molecular weight is 253 g/mol. The van der Waals surface area contributed by atoms with Crippen molar-refractivity contribution in [2.75, 3.05) is 19.5 Å². The molecule has 1 aliphatic rings. The Kier molecular flexibility index (Phi) is 3.73. The fourth-order valence-corrected chi connectivity index (χ4v) is 2.04. The molecule has 0 amide bonds. The van der Waals surface area contributed by atoms with Gasteiger partial charge in [0.05, 0.1) is 12.7 Å². The summed E-state index contributed by atoms with van der Waals surface area (Å²) >= 11 is 0. The molecule has 1 saturated heterocycles. The summed E-state index contributed by atoms with van der Waals surface area (Å²) in [4.78, 5) is 26.2. The molecule has 1 aromatic rings. The van der Waals surface area contributed by atoms with Crippen molar-refractivity contribution in [3.05, 3.63) is 22.7 Å². The molecule has 2 heterocycles. The molecular weight excluding hydrogens is 238 g/mol. The van der Waals surface area contributed by atoms with Crippen LogP contribution >= 0.6 is 0 Å². The van der Waals surface area contributed by atoms with Crippen molar-refractivity contribution in [3.63, 3.8) is 0 Å². The van der Waals surface area contributed by atoms with Crippen LogP contribution in [0.1, 0.15) is 12.6 Å². The predicted octanol–water partition coefficient (Wildman–Crippen LogP) is -0.425. The molecule has 0 aliphatic carbocycles. The van der Waals surface area contributed by atoms with E-state index in [0.29, 0.717) is 13.0 Å². The van der Waals surface area contributed by atoms with Gasteiger partial charge in [0, 0.05) is 25.6 Å². The van der Waals surface area contributed by atoms with E-state index >= 15 is 0 Å². The summed E-state index contributed by atoms with van der Waals surface area (Å²) in [5.74, 6) is -0.117. The Labute approximate surface area is 104 Å². The lowest BCUT2D eigenvalue weighted by Gasteiger charge is -2.15. The Bertz CT molecular complexity index is 487. The molecule has 0 radical (unpaired) electrons. The Morgan fingerprint density at radius 1 is 1.72 bits per heavy atom. The van der Waals surface area contributed by atoms with Crippen LogP contribution in [0.15, 0.2) is 17.1 Å². The van der Waals surface area contributed by atoms with Crippen molar-refractivity contribution in [2.24, 2.45) is 5.92 Å². The number of nitrogen functional groups attached to an aromatic ring is 1. The molecule has 2 N–H and O–H groups in total. The van der Waals surface area contributed by atoms with E-state index in [4.69, 9.17) is 15.2 Å². The van der Waals surface area contributed by atoms with Gasteiger partial charge in [0.15, 0.2) is 0 Å². The number of aromatic nitrogens is 2. The van der Waals surface area contributed by atoms with E-state index in [1.54, 1.807) is 0 Å². The molecule has 0 spiro atoms. The minimum absolute atomic E-state index is 0.162. The molecule has 0 aromatic carbocycles. The van der Waals surface area contributed by atoms with Crippen molar-refractivity contribution in [3.8, 4) is 0 Å². The van der Waals surface area contributed by atoms with Crippen LogP contribution in [0.5, 0.6) is 0 Å². The van der Waals surface area contributed by atoms with Crippen LogP contribution in [0.4, 0.5) is 5.82 Å². The zero-order chi connectivity index (χ0) is 13.1. The van der Waals surface area contributed by atoms with Crippen LogP contribution in [0.2, 0.25) is 0 Å². The Balaban J connectivity index is 2.20. The monoisotopic (exact) mass is 253 g/mol. The summed E-state index contributed by atoms with van der Waals surface area (Å²) in [5, 5.41) is 0. The highest BCUT2D eigenvalue weighted by Gasteiger charge is 2.36. The Morgan fingerprint density at radius 3 is 3.11 bits per heavy atom. The number of hydrogen-bond donors (Lipinski definition) is 1. The maximum Gasteiger partial charge on any atom is 0.351 e. The highest BCUT2D eigenvalue weighted by molar-refractivity contribution is 5.55. The lowest BCUT2D eigenvalue weighted by atomic mass is 10.0. The number of nitrogens with two attached hydrogens (primary N) is 1. The fraction of sp³-hybridized carbons (Fsp3) is 0.545. The first-order valence-corrected chi connectivity index (χ1v) is 5.60. The predicted molar refractivity (Wildman–Crippen MR) is 62.9 cm³/mol. The van der Waals surface area contributed by atoms with Crippen LogP contribution < -0.4 is 11.4 Å². The molecule has 1 fully saturated rings. The summed E-state index contributed by atoms with van der Waals surface area (Å²) in [5.41, 5.74) is 4.93. The number of nitrogens with zero attached hydrogens (tertiary/aromatic N) is 2. The van der Waals surface area contributed by atoms with Crippen LogP contribution in [0.3, 0.4) is 0 Å². The second kappa shape index (κ2) is 5.28. The molecule has 7 nitrogen and oxygen atoms in total. The van der Waals surface area contributed by atoms with Crippen molar-refractivity contribution in [1.29, 1.82) is 0 Å². The average Bonchev–Trinajstić information content (AvgIpc) is 2.72. The standard InChI is InChI=1S/C11H15N3O4/c1-17-6-8-7(5-15)4-10(18-8)14-3-2-9(12)13-11(14)16/h2-3,5,7-8,10H,4,6H2,1H3,(H2,12,13,16)/t7-,8-,10-/m1/s1. The van der Waals surface area contributed by atoms with Crippen molar-refractivity contribution in [2.45, 2.75) is 18.8 Å². The summed E-state index contributed by atoms with van der Waals surface area (Å²) in [6.07, 6.45) is 1.96. The number of ether oxygens (including phenoxy) is 2. The van der Waals surface area contributed by atoms with E-state index in [0.717, 1.165) is 6.29 Å². The van der Waals surface area contributed by atoms with Gasteiger partial charge in [-0.15, -0.1) is 0 Å². The molecule has 98 valence electrons. The quantitative estimate of drug-likeness (QED) is 0.732. The number of rotatable bonds is 4. The van der Waals surface area contributed by atoms with Gasteiger partial charge < -0.3 is 20.0 Å². The molecular formula is C11H15N3O4. The minimum Gasteiger partial charge on any atom is -0.383 e. The SMILES string of the molecule is COC[C@H]1O[C@@H](n2ccc(N)nc2=O)C[C@@H]1C=O. The number of hydrogen-bond acceptors (Lipinski definition) is 6. The summed E-state index contributed by atoms with van der Waals surface area (Å²) in [6.45, 7) is 0.317. The van der Waals surface area contributed by atoms with Crippen molar-refractivity contribution in [1.82, 2.24) is 9.55 Å². The lowest BCUT2D eigenvalue weighted by molar-refractivity contribution is -0.114. The lowest BCUT2D eigenvalue weighted by Crippen LogP contribution is -2.28. The molecule has 0 bridgehead atoms. The molecule has 0 saturated carbocycles. The zero-order valence-electron chi connectivity index (χ0n) is 9.98. The summed E-state index contributed by atoms with van der Waals surface area (Å²) in [7, 11) is 1.54. The summed E-state index contributed by atoms with van der Waals surface area (Å²) < 4.78 is 12.0. The molecule has 3 atom stereocenters. The highest BCUT2D eigenvalue weighted by atomic mass is 16.5. The molecule has 2 rings (SSSR count). The van der Waals surface area contributed by atoms with E-state index in [2.05, 4.69) is 4.98 Å². The maximum atomic E-state index is 11.7. The number of aldehydes is 1. The second-order valence-corrected chi connectivity index (χ2v) is 4.16. The smallest absolute Gasteiger partial charge is 0.351 e. The highest BCUT2D eigenvalue weighted by Crippen LogP contribution is 2.31. The van der Waals surface area contributed by atoms with Crippen LogP contribution in [-0.4, -0.2) is 35.7 Å². The first kappa shape index (κ1) is 12.7. The minimum atomic E-state index is -0.499. The second-order valence-electron chi connectivity index (χ2n) is 4.16. The van der Waals surface area contributed by atoms with E-state index in [1.165, 1.54) is 23.9 Å². The van der Waals surface area contributed by atoms with Crippen LogP contribution in [-0.2, 0) is 14.3 Å². The molecule has 1 aliphatic heterocycles. The van der Waals surface area contributed by atoms with E-state index in [9.17, 15) is 9.59 Å². The van der Waals surface area contributed by atoms with E-state index in [1.807, 2.05) is 0 Å². The summed E-state index contributed by atoms with van der Waals surface area (Å²) in [6, 6.07) is 1.52. The van der Waals surface area contributed by atoms with Crippen molar-refractivity contribution < 1.29 is 14.3 Å². The number of anilines is 1. The van der Waals surface area contributed by atoms with Crippen LogP contribution in [0, 0.1) is 5.92 Å². The third-order valence-electron chi connectivity index (χ3n) is 2.95. The fourth-order valence-electron chi connectivity index (χ4n) is 2.04. The number of carbonyl (C=O) groups excluding carboxylic acids is 1. The van der Waals surface area contributed by atoms with Gasteiger partial charge in [-0.2, -0.15) is 4.98 Å². The van der Waals surface area contributed by atoms with Gasteiger partial charge in [-0.1, -0.05) is 0 Å². The van der Waals surface area contributed by atoms with Gasteiger partial charge in [-0.3, -0.25) is 4.57 Å². The number of carbonyl (C=O) groups is 1. The number of methoxy groups -OCH3 is 1. The molecule has 18 heavy (non-hydrogen) atoms. The molecule has 0 unspecified atom stereocenters. The van der Waals surface area contributed by atoms with Gasteiger partial charge in [0.2, 0.25) is 0 Å². The Morgan fingerprint density at radius 2 is 2.50 bits per heavy atom. The van der Waals surface area contributed by atoms with Gasteiger partial charge in [0.1, 0.15) is 18.3 Å². The topological polar surface area (TPSA) is 96.4 Å². The molecule has 1 aromatic heterocycles. The first-order valence-electron chi connectivity index (χ1n) is 5.60. The molecule has 7 heteroatoms. The van der Waals surface area contributed by atoms with E-state index in [-0.39, 0.29) is 17.8 Å². The largest absolute Gasteiger partial charge is 0.383 e. The normalized spacial score (nSPS) is 27.3.